The van der Waals surface area contributed by atoms with Crippen LogP contribution >= 0.6 is 0 Å². The molecule has 2 fully saturated rings. The van der Waals surface area contributed by atoms with Crippen molar-refractivity contribution in [1.29, 1.82) is 0 Å². The highest BCUT2D eigenvalue weighted by atomic mass is 16.1. The number of nitrogens with two attached hydrogens (primary N) is 1. The highest BCUT2D eigenvalue weighted by Gasteiger charge is 2.29. The lowest BCUT2D eigenvalue weighted by atomic mass is 9.78. The molecule has 98 valence electrons. The first-order valence-electron chi connectivity index (χ1n) is 7.22. The normalized spacial score (nSPS) is 32.4. The van der Waals surface area contributed by atoms with Crippen LogP contribution in [0.3, 0.4) is 0 Å². The molecule has 2 saturated carbocycles. The van der Waals surface area contributed by atoms with Gasteiger partial charge in [-0.2, -0.15) is 0 Å². The van der Waals surface area contributed by atoms with Crippen molar-refractivity contribution in [3.05, 3.63) is 0 Å². The van der Waals surface area contributed by atoms with Crippen molar-refractivity contribution in [1.82, 2.24) is 5.32 Å². The van der Waals surface area contributed by atoms with Crippen molar-refractivity contribution in [3.63, 3.8) is 0 Å². The summed E-state index contributed by atoms with van der Waals surface area (Å²) >= 11 is 0. The molecule has 0 aromatic rings. The maximum atomic E-state index is 12.2. The zero-order valence-corrected chi connectivity index (χ0v) is 11.0. The molecule has 2 aliphatic carbocycles. The molecule has 0 aromatic carbocycles. The van der Waals surface area contributed by atoms with E-state index in [0.29, 0.717) is 18.0 Å². The highest BCUT2D eigenvalue weighted by molar-refractivity contribution is 5.78. The fraction of sp³-hybridized carbons (Fsp3) is 0.929. The van der Waals surface area contributed by atoms with Crippen LogP contribution < -0.4 is 11.1 Å². The topological polar surface area (TPSA) is 55.1 Å². The zero-order chi connectivity index (χ0) is 12.3. The predicted octanol–water partition coefficient (Wildman–Crippen LogP) is 2.20. The fourth-order valence-corrected chi connectivity index (χ4v) is 3.34. The third-order valence-corrected chi connectivity index (χ3v) is 4.58. The number of nitrogens with one attached hydrogen (secondary N) is 1. The van der Waals surface area contributed by atoms with Gasteiger partial charge in [-0.05, 0) is 38.0 Å². The van der Waals surface area contributed by atoms with Crippen LogP contribution in [-0.4, -0.2) is 18.0 Å². The Morgan fingerprint density at radius 2 is 1.88 bits per heavy atom. The summed E-state index contributed by atoms with van der Waals surface area (Å²) < 4.78 is 0. The highest BCUT2D eigenvalue weighted by Crippen LogP contribution is 2.30. The molecule has 0 heterocycles. The van der Waals surface area contributed by atoms with E-state index in [-0.39, 0.29) is 11.8 Å². The quantitative estimate of drug-likeness (QED) is 0.792. The Balaban J connectivity index is 1.80. The predicted molar refractivity (Wildman–Crippen MR) is 69.5 cm³/mol. The van der Waals surface area contributed by atoms with Gasteiger partial charge in [-0.1, -0.05) is 26.2 Å². The van der Waals surface area contributed by atoms with Crippen LogP contribution in [0.5, 0.6) is 0 Å². The minimum Gasteiger partial charge on any atom is -0.353 e. The van der Waals surface area contributed by atoms with Gasteiger partial charge in [0.2, 0.25) is 5.91 Å². The SMILES string of the molecule is CC(C(=O)NC1CCCC1)C1CCCC(N)C1. The van der Waals surface area contributed by atoms with Crippen molar-refractivity contribution >= 4 is 5.91 Å². The van der Waals surface area contributed by atoms with E-state index in [4.69, 9.17) is 5.73 Å². The summed E-state index contributed by atoms with van der Waals surface area (Å²) in [5.41, 5.74) is 5.99. The van der Waals surface area contributed by atoms with Gasteiger partial charge >= 0.3 is 0 Å². The third kappa shape index (κ3) is 3.44. The Bertz CT molecular complexity index is 261. The molecule has 3 nitrogen and oxygen atoms in total. The van der Waals surface area contributed by atoms with Gasteiger partial charge in [-0.15, -0.1) is 0 Å². The average molecular weight is 238 g/mol. The molecular weight excluding hydrogens is 212 g/mol. The van der Waals surface area contributed by atoms with Crippen LogP contribution in [0.4, 0.5) is 0 Å². The van der Waals surface area contributed by atoms with E-state index < -0.39 is 0 Å². The van der Waals surface area contributed by atoms with Crippen molar-refractivity contribution < 1.29 is 4.79 Å². The molecule has 2 aliphatic rings. The lowest BCUT2D eigenvalue weighted by Gasteiger charge is -2.31. The summed E-state index contributed by atoms with van der Waals surface area (Å²) in [5.74, 6) is 0.901. The molecular formula is C14H26N2O. The molecule has 0 saturated heterocycles. The van der Waals surface area contributed by atoms with Crippen molar-refractivity contribution in [2.24, 2.45) is 17.6 Å². The minimum absolute atomic E-state index is 0.141. The second-order valence-electron chi connectivity index (χ2n) is 5.97. The zero-order valence-electron chi connectivity index (χ0n) is 11.0. The Morgan fingerprint density at radius 3 is 2.53 bits per heavy atom. The van der Waals surface area contributed by atoms with E-state index >= 15 is 0 Å². The molecule has 0 aromatic heterocycles. The molecule has 0 aliphatic heterocycles. The molecule has 3 unspecified atom stereocenters. The van der Waals surface area contributed by atoms with Gasteiger partial charge in [0.15, 0.2) is 0 Å². The molecule has 2 rings (SSSR count). The van der Waals surface area contributed by atoms with E-state index in [0.717, 1.165) is 12.8 Å². The number of hydrogen-bond acceptors (Lipinski definition) is 2. The first-order valence-corrected chi connectivity index (χ1v) is 7.22. The Labute approximate surface area is 105 Å². The lowest BCUT2D eigenvalue weighted by molar-refractivity contribution is -0.127. The third-order valence-electron chi connectivity index (χ3n) is 4.58. The first kappa shape index (κ1) is 12.9. The van der Waals surface area contributed by atoms with E-state index in [9.17, 15) is 4.79 Å². The van der Waals surface area contributed by atoms with Crippen LogP contribution in [0, 0.1) is 11.8 Å². The van der Waals surface area contributed by atoms with Gasteiger partial charge in [0.05, 0.1) is 0 Å². The number of hydrogen-bond donors (Lipinski definition) is 2. The first-order chi connectivity index (χ1) is 8.16. The second kappa shape index (κ2) is 5.85. The Kier molecular flexibility index (Phi) is 4.43. The standard InChI is InChI=1S/C14H26N2O/c1-10(11-5-4-6-12(15)9-11)14(17)16-13-7-2-3-8-13/h10-13H,2-9,15H2,1H3,(H,16,17). The van der Waals surface area contributed by atoms with Gasteiger partial charge in [0.25, 0.3) is 0 Å². The average Bonchev–Trinajstić information content (AvgIpc) is 2.80. The summed E-state index contributed by atoms with van der Waals surface area (Å²) in [6.45, 7) is 2.08. The van der Waals surface area contributed by atoms with Gasteiger partial charge in [-0.3, -0.25) is 4.79 Å². The van der Waals surface area contributed by atoms with E-state index in [1.54, 1.807) is 0 Å². The molecule has 0 bridgehead atoms. The molecule has 0 radical (unpaired) electrons. The van der Waals surface area contributed by atoms with Crippen molar-refractivity contribution in [2.75, 3.05) is 0 Å². The van der Waals surface area contributed by atoms with E-state index in [2.05, 4.69) is 12.2 Å². The molecule has 17 heavy (non-hydrogen) atoms. The van der Waals surface area contributed by atoms with Crippen LogP contribution in [-0.2, 0) is 4.79 Å². The smallest absolute Gasteiger partial charge is 0.223 e. The summed E-state index contributed by atoms with van der Waals surface area (Å²) in [4.78, 5) is 12.2. The van der Waals surface area contributed by atoms with Gasteiger partial charge in [-0.25, -0.2) is 0 Å². The summed E-state index contributed by atoms with van der Waals surface area (Å²) in [6, 6.07) is 0.762. The van der Waals surface area contributed by atoms with Gasteiger partial charge < -0.3 is 11.1 Å². The largest absolute Gasteiger partial charge is 0.353 e. The Morgan fingerprint density at radius 1 is 1.18 bits per heavy atom. The summed E-state index contributed by atoms with van der Waals surface area (Å²) in [7, 11) is 0. The van der Waals surface area contributed by atoms with Crippen LogP contribution in [0.15, 0.2) is 0 Å². The summed E-state index contributed by atoms with van der Waals surface area (Å²) in [5, 5.41) is 3.21. The Hall–Kier alpha value is -0.570. The number of amides is 1. The molecule has 3 heteroatoms. The maximum absolute atomic E-state index is 12.2. The molecule has 3 N–H and O–H groups in total. The number of carbonyl (C=O) groups excluding carboxylic acids is 1. The van der Waals surface area contributed by atoms with E-state index in [1.165, 1.54) is 38.5 Å². The molecule has 1 amide bonds. The molecule has 3 atom stereocenters. The van der Waals surface area contributed by atoms with Gasteiger partial charge in [0.1, 0.15) is 0 Å². The van der Waals surface area contributed by atoms with Crippen LogP contribution in [0.1, 0.15) is 58.3 Å². The minimum atomic E-state index is 0.141. The fourth-order valence-electron chi connectivity index (χ4n) is 3.34. The van der Waals surface area contributed by atoms with Crippen LogP contribution in [0.2, 0.25) is 0 Å². The van der Waals surface area contributed by atoms with Crippen molar-refractivity contribution in [2.45, 2.75) is 70.4 Å². The van der Waals surface area contributed by atoms with Crippen LogP contribution in [0.25, 0.3) is 0 Å². The van der Waals surface area contributed by atoms with Gasteiger partial charge in [0, 0.05) is 18.0 Å². The van der Waals surface area contributed by atoms with E-state index in [1.807, 2.05) is 0 Å². The monoisotopic (exact) mass is 238 g/mol. The number of rotatable bonds is 3. The second-order valence-corrected chi connectivity index (χ2v) is 5.97. The number of carbonyl (C=O) groups is 1. The lowest BCUT2D eigenvalue weighted by Crippen LogP contribution is -2.41. The molecule has 0 spiro atoms. The van der Waals surface area contributed by atoms with Crippen molar-refractivity contribution in [3.8, 4) is 0 Å². The summed E-state index contributed by atoms with van der Waals surface area (Å²) in [6.07, 6.45) is 9.40. The maximum Gasteiger partial charge on any atom is 0.223 e.